The Bertz CT molecular complexity index is 495. The molecule has 1 aromatic rings. The van der Waals surface area contributed by atoms with Crippen LogP contribution in [0.2, 0.25) is 0 Å². The van der Waals surface area contributed by atoms with Gasteiger partial charge >= 0.3 is 11.2 Å². The molecule has 0 heterocycles. The van der Waals surface area contributed by atoms with Gasteiger partial charge in [0.25, 0.3) is 0 Å². The zero-order chi connectivity index (χ0) is 16.0. The van der Waals surface area contributed by atoms with Gasteiger partial charge in [-0.1, -0.05) is 6.07 Å². The summed E-state index contributed by atoms with van der Waals surface area (Å²) in [5, 5.41) is 13.8. The standard InChI is InChI=1S/C12H15F3N2O3S/c1-8(2)20-10-5-3-4-9(11(10)17(18)19)16-6-7-21-12(13,14)15/h3-5,8,16H,6-7H2,1-2H3. The third-order valence-electron chi connectivity index (χ3n) is 2.23. The molecule has 0 unspecified atom stereocenters. The molecule has 5 nitrogen and oxygen atoms in total. The lowest BCUT2D eigenvalue weighted by Gasteiger charge is -2.13. The van der Waals surface area contributed by atoms with Gasteiger partial charge in [-0.15, -0.1) is 0 Å². The van der Waals surface area contributed by atoms with Crippen LogP contribution in [0.5, 0.6) is 5.75 Å². The van der Waals surface area contributed by atoms with Crippen LogP contribution in [0.1, 0.15) is 13.8 Å². The summed E-state index contributed by atoms with van der Waals surface area (Å²) in [5.41, 5.74) is -4.44. The van der Waals surface area contributed by atoms with Crippen LogP contribution in [0.15, 0.2) is 18.2 Å². The summed E-state index contributed by atoms with van der Waals surface area (Å²) < 4.78 is 41.4. The van der Waals surface area contributed by atoms with E-state index in [2.05, 4.69) is 5.32 Å². The number of ether oxygens (including phenoxy) is 1. The Labute approximate surface area is 124 Å². The van der Waals surface area contributed by atoms with Crippen molar-refractivity contribution in [2.24, 2.45) is 0 Å². The first-order valence-electron chi connectivity index (χ1n) is 6.09. The number of anilines is 1. The molecule has 0 amide bonds. The van der Waals surface area contributed by atoms with Gasteiger partial charge in [-0.05, 0) is 37.7 Å². The van der Waals surface area contributed by atoms with Gasteiger partial charge in [0.15, 0.2) is 5.75 Å². The zero-order valence-electron chi connectivity index (χ0n) is 11.4. The average Bonchev–Trinajstić information content (AvgIpc) is 2.32. The molecule has 0 aliphatic heterocycles. The summed E-state index contributed by atoms with van der Waals surface area (Å²) in [5.74, 6) is -0.154. The molecule has 0 radical (unpaired) electrons. The number of benzene rings is 1. The Morgan fingerprint density at radius 3 is 2.62 bits per heavy atom. The monoisotopic (exact) mass is 324 g/mol. The largest absolute Gasteiger partial charge is 0.484 e. The Morgan fingerprint density at radius 1 is 1.43 bits per heavy atom. The molecule has 21 heavy (non-hydrogen) atoms. The van der Waals surface area contributed by atoms with Gasteiger partial charge in [0.1, 0.15) is 5.69 Å². The number of hydrogen-bond acceptors (Lipinski definition) is 5. The second-order valence-electron chi connectivity index (χ2n) is 4.30. The molecule has 0 saturated heterocycles. The summed E-state index contributed by atoms with van der Waals surface area (Å²) in [6.07, 6.45) is -0.250. The van der Waals surface area contributed by atoms with E-state index in [4.69, 9.17) is 4.74 Å². The van der Waals surface area contributed by atoms with Gasteiger partial charge in [-0.3, -0.25) is 10.1 Å². The maximum absolute atomic E-state index is 12.0. The fraction of sp³-hybridized carbons (Fsp3) is 0.500. The lowest BCUT2D eigenvalue weighted by molar-refractivity contribution is -0.385. The smallest absolute Gasteiger partial charge is 0.441 e. The number of nitro benzene ring substituents is 1. The van der Waals surface area contributed by atoms with Crippen molar-refractivity contribution in [1.82, 2.24) is 0 Å². The van der Waals surface area contributed by atoms with Crippen molar-refractivity contribution in [2.75, 3.05) is 17.6 Å². The maximum Gasteiger partial charge on any atom is 0.441 e. The number of nitrogens with zero attached hydrogens (tertiary/aromatic N) is 1. The van der Waals surface area contributed by atoms with Gasteiger partial charge < -0.3 is 10.1 Å². The predicted octanol–water partition coefficient (Wildman–Crippen LogP) is 4.05. The van der Waals surface area contributed by atoms with E-state index in [1.54, 1.807) is 19.9 Å². The zero-order valence-corrected chi connectivity index (χ0v) is 12.3. The second-order valence-corrected chi connectivity index (χ2v) is 5.46. The van der Waals surface area contributed by atoms with E-state index in [-0.39, 0.29) is 47.3 Å². The Balaban J connectivity index is 2.79. The molecule has 1 aromatic carbocycles. The summed E-state index contributed by atoms with van der Waals surface area (Å²) >= 11 is -0.182. The van der Waals surface area contributed by atoms with Crippen LogP contribution in [-0.4, -0.2) is 28.8 Å². The third kappa shape index (κ3) is 6.11. The second kappa shape index (κ2) is 7.39. The summed E-state index contributed by atoms with van der Waals surface area (Å²) in [7, 11) is 0. The van der Waals surface area contributed by atoms with Crippen molar-refractivity contribution in [2.45, 2.75) is 25.5 Å². The van der Waals surface area contributed by atoms with Crippen LogP contribution in [-0.2, 0) is 0 Å². The number of alkyl halides is 3. The van der Waals surface area contributed by atoms with E-state index in [9.17, 15) is 23.3 Å². The van der Waals surface area contributed by atoms with Crippen molar-refractivity contribution < 1.29 is 22.8 Å². The van der Waals surface area contributed by atoms with Crippen LogP contribution >= 0.6 is 11.8 Å². The molecule has 0 saturated carbocycles. The molecule has 9 heteroatoms. The maximum atomic E-state index is 12.0. The van der Waals surface area contributed by atoms with Gasteiger partial charge in [0.2, 0.25) is 0 Å². The normalized spacial score (nSPS) is 11.5. The number of halogens is 3. The Morgan fingerprint density at radius 2 is 2.10 bits per heavy atom. The highest BCUT2D eigenvalue weighted by atomic mass is 32.2. The van der Waals surface area contributed by atoms with Gasteiger partial charge in [-0.25, -0.2) is 0 Å². The lowest BCUT2D eigenvalue weighted by Crippen LogP contribution is -2.12. The van der Waals surface area contributed by atoms with Crippen LogP contribution in [0.3, 0.4) is 0 Å². The van der Waals surface area contributed by atoms with E-state index >= 15 is 0 Å². The summed E-state index contributed by atoms with van der Waals surface area (Å²) in [6, 6.07) is 4.43. The lowest BCUT2D eigenvalue weighted by atomic mass is 10.2. The molecule has 0 spiro atoms. The molecule has 0 atom stereocenters. The summed E-state index contributed by atoms with van der Waals surface area (Å²) in [4.78, 5) is 10.5. The number of nitrogens with one attached hydrogen (secondary N) is 1. The SMILES string of the molecule is CC(C)Oc1cccc(NCCSC(F)(F)F)c1[N+](=O)[O-]. The van der Waals surface area contributed by atoms with Gasteiger partial charge in [-0.2, -0.15) is 13.2 Å². The van der Waals surface area contributed by atoms with Crippen molar-refractivity contribution in [1.29, 1.82) is 0 Å². The van der Waals surface area contributed by atoms with E-state index < -0.39 is 10.4 Å². The van der Waals surface area contributed by atoms with E-state index in [0.29, 0.717) is 0 Å². The fourth-order valence-electron chi connectivity index (χ4n) is 1.55. The first kappa shape index (κ1) is 17.4. The van der Waals surface area contributed by atoms with Crippen molar-refractivity contribution in [3.8, 4) is 5.75 Å². The Kier molecular flexibility index (Phi) is 6.13. The van der Waals surface area contributed by atoms with Crippen molar-refractivity contribution >= 4 is 23.1 Å². The van der Waals surface area contributed by atoms with Crippen molar-refractivity contribution in [3.05, 3.63) is 28.3 Å². The van der Waals surface area contributed by atoms with Gasteiger partial charge in [0, 0.05) is 12.3 Å². The molecular formula is C12H15F3N2O3S. The molecule has 0 fully saturated rings. The summed E-state index contributed by atoms with van der Waals surface area (Å²) in [6.45, 7) is 3.41. The first-order valence-corrected chi connectivity index (χ1v) is 7.08. The highest BCUT2D eigenvalue weighted by molar-refractivity contribution is 8.00. The molecule has 0 aliphatic rings. The number of thioether (sulfide) groups is 1. The first-order chi connectivity index (χ1) is 9.70. The van der Waals surface area contributed by atoms with Crippen LogP contribution < -0.4 is 10.1 Å². The highest BCUT2D eigenvalue weighted by Gasteiger charge is 2.27. The van der Waals surface area contributed by atoms with Crippen LogP contribution in [0.4, 0.5) is 24.5 Å². The minimum atomic E-state index is -4.31. The molecule has 0 aromatic heterocycles. The van der Waals surface area contributed by atoms with Crippen molar-refractivity contribution in [3.63, 3.8) is 0 Å². The van der Waals surface area contributed by atoms with E-state index in [0.717, 1.165) is 0 Å². The van der Waals surface area contributed by atoms with E-state index in [1.807, 2.05) is 0 Å². The van der Waals surface area contributed by atoms with E-state index in [1.165, 1.54) is 12.1 Å². The molecular weight excluding hydrogens is 309 g/mol. The minimum Gasteiger partial charge on any atom is -0.484 e. The number of para-hydroxylation sites is 1. The highest BCUT2D eigenvalue weighted by Crippen LogP contribution is 2.35. The van der Waals surface area contributed by atoms with Gasteiger partial charge in [0.05, 0.1) is 11.0 Å². The third-order valence-corrected chi connectivity index (χ3v) is 2.96. The topological polar surface area (TPSA) is 64.4 Å². The molecule has 118 valence electrons. The number of hydrogen-bond donors (Lipinski definition) is 1. The molecule has 0 aliphatic carbocycles. The van der Waals surface area contributed by atoms with Crippen LogP contribution in [0, 0.1) is 10.1 Å². The molecule has 1 rings (SSSR count). The quantitative estimate of drug-likeness (QED) is 0.466. The molecule has 1 N–H and O–H groups in total. The predicted molar refractivity (Wildman–Crippen MR) is 75.9 cm³/mol. The number of nitro groups is 1. The number of rotatable bonds is 7. The molecule has 0 bridgehead atoms. The fourth-order valence-corrected chi connectivity index (χ4v) is 1.99. The van der Waals surface area contributed by atoms with Crippen LogP contribution in [0.25, 0.3) is 0 Å². The average molecular weight is 324 g/mol. The Hall–Kier alpha value is -1.64. The minimum absolute atomic E-state index is 0.0455.